The Bertz CT molecular complexity index is 871. The molecule has 0 bridgehead atoms. The molecule has 37 heavy (non-hydrogen) atoms. The zero-order chi connectivity index (χ0) is 27.7. The molecule has 206 valence electrons. The van der Waals surface area contributed by atoms with E-state index < -0.39 is 23.9 Å². The number of piperazine rings is 1. The average Bonchev–Trinajstić information content (AvgIpc) is 2.79. The van der Waals surface area contributed by atoms with Crippen molar-refractivity contribution in [2.45, 2.75) is 0 Å². The van der Waals surface area contributed by atoms with Crippen LogP contribution in [0.2, 0.25) is 0 Å². The minimum Gasteiger partial charge on any atom is -0.478 e. The predicted molar refractivity (Wildman–Crippen MR) is 136 cm³/mol. The number of hydrogen-bond acceptors (Lipinski definition) is 8. The van der Waals surface area contributed by atoms with Crippen molar-refractivity contribution >= 4 is 41.2 Å². The number of aliphatic carboxylic acids is 4. The molecule has 1 saturated heterocycles. The molecule has 14 nitrogen and oxygen atoms in total. The van der Waals surface area contributed by atoms with Gasteiger partial charge in [-0.15, -0.1) is 0 Å². The molecule has 1 aliphatic heterocycles. The van der Waals surface area contributed by atoms with Gasteiger partial charge >= 0.3 is 23.9 Å². The first kappa shape index (κ1) is 34.9. The summed E-state index contributed by atoms with van der Waals surface area (Å²) in [5, 5.41) is 34.2. The number of nitrogens with zero attached hydrogens (tertiary/aromatic N) is 3. The minimum atomic E-state index is -1.26. The van der Waals surface area contributed by atoms with E-state index in [1.54, 1.807) is 0 Å². The van der Waals surface area contributed by atoms with E-state index in [1.165, 1.54) is 0 Å². The largest absolute Gasteiger partial charge is 0.478 e. The lowest BCUT2D eigenvalue weighted by Gasteiger charge is -2.31. The van der Waals surface area contributed by atoms with Crippen molar-refractivity contribution in [1.82, 2.24) is 9.80 Å². The second kappa shape index (κ2) is 19.0. The molecule has 0 unspecified atom stereocenters. The summed E-state index contributed by atoms with van der Waals surface area (Å²) in [7, 11) is 6.12. The maximum absolute atomic E-state index is 12.0. The molecule has 1 aromatic carbocycles. The number of hydrogen-bond donors (Lipinski definition) is 5. The number of nitrogens with one attached hydrogen (secondary N) is 1. The summed E-state index contributed by atoms with van der Waals surface area (Å²) in [4.78, 5) is 56.7. The van der Waals surface area contributed by atoms with Gasteiger partial charge in [-0.1, -0.05) is 0 Å². The Morgan fingerprint density at radius 3 is 1.49 bits per heavy atom. The molecule has 0 atom stereocenters. The highest BCUT2D eigenvalue weighted by atomic mass is 16.4. The standard InChI is InChI=1S/C15H24N4O.2C4H4O4.H2O/c1-17(2)14-6-4-13(5-7-14)16-15(20)12-19-10-8-18(3)9-11-19;2*5-3(6)1-2-4(7)8;/h4-7H,8-12H2,1-3H3,(H,16,20);2*1-2H,(H,5,6)(H,7,8);1H2/b;2*2-1-;. The zero-order valence-electron chi connectivity index (χ0n) is 20.8. The van der Waals surface area contributed by atoms with Crippen molar-refractivity contribution < 1.29 is 49.9 Å². The normalized spacial score (nSPS) is 13.3. The number of carbonyl (C=O) groups is 5. The van der Waals surface area contributed by atoms with Gasteiger partial charge in [0.15, 0.2) is 0 Å². The molecule has 0 radical (unpaired) electrons. The second-order valence-electron chi connectivity index (χ2n) is 7.59. The summed E-state index contributed by atoms with van der Waals surface area (Å²) in [5.74, 6) is -4.97. The van der Waals surface area contributed by atoms with Gasteiger partial charge in [-0.25, -0.2) is 19.2 Å². The van der Waals surface area contributed by atoms with Gasteiger partial charge in [0, 0.05) is 76.0 Å². The van der Waals surface area contributed by atoms with Crippen LogP contribution in [0.1, 0.15) is 0 Å². The van der Waals surface area contributed by atoms with Crippen molar-refractivity contribution in [2.75, 3.05) is 64.1 Å². The van der Waals surface area contributed by atoms with E-state index in [-0.39, 0.29) is 11.4 Å². The van der Waals surface area contributed by atoms with E-state index in [1.807, 2.05) is 43.3 Å². The molecule has 1 fully saturated rings. The quantitative estimate of drug-likeness (QED) is 0.272. The zero-order valence-corrected chi connectivity index (χ0v) is 20.8. The Hall–Kier alpha value is -4.27. The van der Waals surface area contributed by atoms with Crippen LogP contribution in [-0.2, 0) is 24.0 Å². The third-order valence-corrected chi connectivity index (χ3v) is 4.37. The van der Waals surface area contributed by atoms with Crippen LogP contribution in [0.5, 0.6) is 0 Å². The molecule has 0 aromatic heterocycles. The molecule has 1 aromatic rings. The third-order valence-electron chi connectivity index (χ3n) is 4.37. The highest BCUT2D eigenvalue weighted by Crippen LogP contribution is 2.15. The Kier molecular flexibility index (Phi) is 17.9. The fraction of sp³-hybridized carbons (Fsp3) is 0.348. The number of likely N-dealkylation sites (N-methyl/N-ethyl adjacent to an activating group) is 1. The van der Waals surface area contributed by atoms with Crippen LogP contribution in [0.25, 0.3) is 0 Å². The van der Waals surface area contributed by atoms with Crippen LogP contribution in [-0.4, -0.2) is 119 Å². The Morgan fingerprint density at radius 1 is 0.784 bits per heavy atom. The van der Waals surface area contributed by atoms with Gasteiger partial charge in [-0.05, 0) is 31.3 Å². The highest BCUT2D eigenvalue weighted by molar-refractivity contribution is 5.92. The molecular weight excluding hydrogens is 492 g/mol. The van der Waals surface area contributed by atoms with Gasteiger partial charge in [0.05, 0.1) is 6.54 Å². The lowest BCUT2D eigenvalue weighted by atomic mass is 10.2. The Morgan fingerprint density at radius 2 is 1.16 bits per heavy atom. The van der Waals surface area contributed by atoms with Gasteiger partial charge in [0.1, 0.15) is 0 Å². The lowest BCUT2D eigenvalue weighted by Crippen LogP contribution is -2.47. The first-order valence-corrected chi connectivity index (χ1v) is 10.6. The minimum absolute atomic E-state index is 0. The van der Waals surface area contributed by atoms with Crippen LogP contribution in [0, 0.1) is 0 Å². The van der Waals surface area contributed by atoms with Gasteiger partial charge in [-0.2, -0.15) is 0 Å². The summed E-state index contributed by atoms with van der Waals surface area (Å²) in [6.07, 6.45) is 2.23. The number of carboxylic acid groups (broad SMARTS) is 4. The lowest BCUT2D eigenvalue weighted by molar-refractivity contribution is -0.134. The van der Waals surface area contributed by atoms with Crippen molar-refractivity contribution in [3.63, 3.8) is 0 Å². The van der Waals surface area contributed by atoms with Crippen molar-refractivity contribution in [1.29, 1.82) is 0 Å². The highest BCUT2D eigenvalue weighted by Gasteiger charge is 2.16. The van der Waals surface area contributed by atoms with Crippen molar-refractivity contribution in [2.24, 2.45) is 0 Å². The SMILES string of the molecule is CN1CCN(CC(=O)Nc2ccc(N(C)C)cc2)CC1.O.O=C(O)/C=C\C(=O)O.O=C(O)/C=C\C(=O)O. The van der Waals surface area contributed by atoms with Crippen LogP contribution in [0.15, 0.2) is 48.6 Å². The molecule has 7 N–H and O–H groups in total. The molecule has 0 spiro atoms. The molecule has 0 saturated carbocycles. The van der Waals surface area contributed by atoms with Crippen LogP contribution >= 0.6 is 0 Å². The van der Waals surface area contributed by atoms with Gasteiger partial charge in [0.25, 0.3) is 0 Å². The van der Waals surface area contributed by atoms with E-state index in [0.717, 1.165) is 37.6 Å². The summed E-state index contributed by atoms with van der Waals surface area (Å²) >= 11 is 0. The van der Waals surface area contributed by atoms with E-state index >= 15 is 0 Å². The summed E-state index contributed by atoms with van der Waals surface area (Å²) in [6, 6.07) is 7.89. The van der Waals surface area contributed by atoms with E-state index in [9.17, 15) is 24.0 Å². The Labute approximate surface area is 214 Å². The van der Waals surface area contributed by atoms with Gasteiger partial charge < -0.3 is 41.0 Å². The molecule has 0 aliphatic carbocycles. The molecule has 1 amide bonds. The summed E-state index contributed by atoms with van der Waals surface area (Å²) in [6.45, 7) is 4.46. The molecular formula is C23H34N4O10. The first-order chi connectivity index (χ1) is 16.8. The summed E-state index contributed by atoms with van der Waals surface area (Å²) < 4.78 is 0. The van der Waals surface area contributed by atoms with Crippen molar-refractivity contribution in [3.8, 4) is 0 Å². The molecule has 14 heteroatoms. The van der Waals surface area contributed by atoms with Crippen LogP contribution < -0.4 is 10.2 Å². The maximum atomic E-state index is 12.0. The van der Waals surface area contributed by atoms with Crippen LogP contribution in [0.3, 0.4) is 0 Å². The molecule has 2 rings (SSSR count). The van der Waals surface area contributed by atoms with Crippen LogP contribution in [0.4, 0.5) is 11.4 Å². The topological polar surface area (TPSA) is 220 Å². The summed E-state index contributed by atoms with van der Waals surface area (Å²) in [5.41, 5.74) is 1.98. The van der Waals surface area contributed by atoms with E-state index in [0.29, 0.717) is 30.8 Å². The molecule has 1 heterocycles. The van der Waals surface area contributed by atoms with Gasteiger partial charge in [0.2, 0.25) is 5.91 Å². The number of benzene rings is 1. The Balaban J connectivity index is 0. The number of rotatable bonds is 8. The number of carbonyl (C=O) groups excluding carboxylic acids is 1. The van der Waals surface area contributed by atoms with Crippen molar-refractivity contribution in [3.05, 3.63) is 48.6 Å². The average molecular weight is 527 g/mol. The number of anilines is 2. The smallest absolute Gasteiger partial charge is 0.328 e. The maximum Gasteiger partial charge on any atom is 0.328 e. The fourth-order valence-corrected chi connectivity index (χ4v) is 2.54. The second-order valence-corrected chi connectivity index (χ2v) is 7.59. The number of carboxylic acids is 4. The predicted octanol–water partition coefficient (Wildman–Crippen LogP) is -0.463. The third kappa shape index (κ3) is 19.7. The molecule has 1 aliphatic rings. The fourth-order valence-electron chi connectivity index (χ4n) is 2.54. The van der Waals surface area contributed by atoms with Gasteiger partial charge in [-0.3, -0.25) is 9.69 Å². The first-order valence-electron chi connectivity index (χ1n) is 10.6. The van der Waals surface area contributed by atoms with E-state index in [4.69, 9.17) is 20.4 Å². The number of amides is 1. The van der Waals surface area contributed by atoms with E-state index in [2.05, 4.69) is 22.2 Å². The monoisotopic (exact) mass is 526 g/mol.